The van der Waals surface area contributed by atoms with Gasteiger partial charge >= 0.3 is 5.97 Å². The molecule has 0 aromatic heterocycles. The number of ether oxygens (including phenoxy) is 1. The Morgan fingerprint density at radius 3 is 2.54 bits per heavy atom. The van der Waals surface area contributed by atoms with E-state index in [4.69, 9.17) is 4.74 Å². The van der Waals surface area contributed by atoms with Crippen LogP contribution in [0.1, 0.15) is 46.5 Å². The lowest BCUT2D eigenvalue weighted by Gasteiger charge is -2.02. The van der Waals surface area contributed by atoms with Crippen LogP contribution in [0.25, 0.3) is 0 Å². The van der Waals surface area contributed by atoms with E-state index in [0.717, 1.165) is 31.3 Å². The molecule has 0 aliphatic heterocycles. The number of hydrogen-bond acceptors (Lipinski definition) is 2. The number of carbonyl (C=O) groups excluding carboxylic acids is 1. The Balaban J connectivity index is 3.72. The van der Waals surface area contributed by atoms with E-state index in [2.05, 4.69) is 6.92 Å². The summed E-state index contributed by atoms with van der Waals surface area (Å²) in [5.41, 5.74) is 0.738. The van der Waals surface area contributed by atoms with E-state index in [1.807, 2.05) is 19.9 Å². The van der Waals surface area contributed by atoms with Crippen LogP contribution in [0.5, 0.6) is 0 Å². The van der Waals surface area contributed by atoms with E-state index >= 15 is 0 Å². The molecular weight excluding hydrogens is 164 g/mol. The van der Waals surface area contributed by atoms with Crippen molar-refractivity contribution in [1.29, 1.82) is 0 Å². The molecule has 0 saturated heterocycles. The van der Waals surface area contributed by atoms with Gasteiger partial charge in [-0.2, -0.15) is 0 Å². The molecule has 0 saturated carbocycles. The fourth-order valence-electron chi connectivity index (χ4n) is 0.915. The molecule has 76 valence electrons. The molecular formula is C11H20O2. The maximum atomic E-state index is 11.2. The molecule has 0 bridgehead atoms. The van der Waals surface area contributed by atoms with Crippen LogP contribution in [0.4, 0.5) is 0 Å². The third-order valence-electron chi connectivity index (χ3n) is 1.77. The molecule has 13 heavy (non-hydrogen) atoms. The van der Waals surface area contributed by atoms with Gasteiger partial charge in [-0.15, -0.1) is 0 Å². The van der Waals surface area contributed by atoms with Crippen molar-refractivity contribution in [3.05, 3.63) is 11.6 Å². The number of carbonyl (C=O) groups is 1. The van der Waals surface area contributed by atoms with Gasteiger partial charge in [0.05, 0.1) is 6.61 Å². The first-order valence-electron chi connectivity index (χ1n) is 5.06. The molecule has 0 rings (SSSR count). The molecule has 0 amide bonds. The van der Waals surface area contributed by atoms with E-state index < -0.39 is 0 Å². The number of esters is 1. The van der Waals surface area contributed by atoms with E-state index in [9.17, 15) is 4.79 Å². The highest BCUT2D eigenvalue weighted by molar-refractivity contribution is 5.87. The van der Waals surface area contributed by atoms with Crippen LogP contribution in [-0.2, 0) is 9.53 Å². The molecule has 0 spiro atoms. The maximum absolute atomic E-state index is 11.2. The smallest absolute Gasteiger partial charge is 0.333 e. The number of allylic oxidation sites excluding steroid dienone is 1. The summed E-state index contributed by atoms with van der Waals surface area (Å²) in [5.74, 6) is -0.169. The Kier molecular flexibility index (Phi) is 7.36. The molecule has 0 atom stereocenters. The average Bonchev–Trinajstić information content (AvgIpc) is 2.14. The second-order valence-corrected chi connectivity index (χ2v) is 3.17. The van der Waals surface area contributed by atoms with Crippen LogP contribution < -0.4 is 0 Å². The van der Waals surface area contributed by atoms with Crippen LogP contribution in [-0.4, -0.2) is 12.6 Å². The Labute approximate surface area is 81.0 Å². The summed E-state index contributed by atoms with van der Waals surface area (Å²) >= 11 is 0. The summed E-state index contributed by atoms with van der Waals surface area (Å²) in [6, 6.07) is 0. The molecule has 2 nitrogen and oxygen atoms in total. The quantitative estimate of drug-likeness (QED) is 0.360. The minimum absolute atomic E-state index is 0.169. The first-order valence-corrected chi connectivity index (χ1v) is 5.06. The number of unbranched alkanes of at least 4 members (excludes halogenated alkanes) is 2. The van der Waals surface area contributed by atoms with E-state index in [1.54, 1.807) is 0 Å². The molecule has 0 unspecified atom stereocenters. The van der Waals surface area contributed by atoms with Gasteiger partial charge in [-0.25, -0.2) is 4.79 Å². The van der Waals surface area contributed by atoms with Gasteiger partial charge in [0.2, 0.25) is 0 Å². The SMILES string of the molecule is CCCCC=C(C)C(=O)OCCC. The van der Waals surface area contributed by atoms with Crippen molar-refractivity contribution in [3.8, 4) is 0 Å². The van der Waals surface area contributed by atoms with Crippen molar-refractivity contribution in [1.82, 2.24) is 0 Å². The zero-order chi connectivity index (χ0) is 10.1. The maximum Gasteiger partial charge on any atom is 0.333 e. The van der Waals surface area contributed by atoms with Gasteiger partial charge in [-0.3, -0.25) is 0 Å². The molecule has 0 aromatic rings. The van der Waals surface area contributed by atoms with Gasteiger partial charge < -0.3 is 4.74 Å². The molecule has 0 heterocycles. The number of hydrogen-bond donors (Lipinski definition) is 0. The van der Waals surface area contributed by atoms with Crippen LogP contribution >= 0.6 is 0 Å². The molecule has 0 aliphatic carbocycles. The lowest BCUT2D eigenvalue weighted by atomic mass is 10.2. The highest BCUT2D eigenvalue weighted by atomic mass is 16.5. The molecule has 0 aliphatic rings. The summed E-state index contributed by atoms with van der Waals surface area (Å²) in [4.78, 5) is 11.2. The predicted molar refractivity (Wildman–Crippen MR) is 54.5 cm³/mol. The fraction of sp³-hybridized carbons (Fsp3) is 0.727. The number of rotatable bonds is 6. The van der Waals surface area contributed by atoms with Crippen LogP contribution in [0, 0.1) is 0 Å². The fourth-order valence-corrected chi connectivity index (χ4v) is 0.915. The molecule has 0 N–H and O–H groups in total. The standard InChI is InChI=1S/C11H20O2/c1-4-6-7-8-10(3)11(12)13-9-5-2/h8H,4-7,9H2,1-3H3. The third kappa shape index (κ3) is 6.38. The lowest BCUT2D eigenvalue weighted by Crippen LogP contribution is -2.06. The van der Waals surface area contributed by atoms with Gasteiger partial charge in [-0.1, -0.05) is 32.8 Å². The monoisotopic (exact) mass is 184 g/mol. The molecule has 2 heteroatoms. The Hall–Kier alpha value is -0.790. The zero-order valence-corrected chi connectivity index (χ0v) is 8.93. The minimum atomic E-state index is -0.169. The van der Waals surface area contributed by atoms with Gasteiger partial charge in [-0.05, 0) is 19.8 Å². The first-order chi connectivity index (χ1) is 6.22. The van der Waals surface area contributed by atoms with Gasteiger partial charge in [0.25, 0.3) is 0 Å². The summed E-state index contributed by atoms with van der Waals surface area (Å²) in [6.45, 7) is 6.47. The molecule has 0 fully saturated rings. The minimum Gasteiger partial charge on any atom is -0.462 e. The molecule has 0 aromatic carbocycles. The highest BCUT2D eigenvalue weighted by Crippen LogP contribution is 2.02. The predicted octanol–water partition coefficient (Wildman–Crippen LogP) is 3.08. The van der Waals surface area contributed by atoms with Crippen LogP contribution in [0.3, 0.4) is 0 Å². The Bertz CT molecular complexity index is 171. The topological polar surface area (TPSA) is 26.3 Å². The second kappa shape index (κ2) is 7.84. The van der Waals surface area contributed by atoms with E-state index in [-0.39, 0.29) is 5.97 Å². The Morgan fingerprint density at radius 2 is 2.00 bits per heavy atom. The normalized spacial score (nSPS) is 11.5. The zero-order valence-electron chi connectivity index (χ0n) is 8.93. The van der Waals surface area contributed by atoms with Crippen LogP contribution in [0.2, 0.25) is 0 Å². The van der Waals surface area contributed by atoms with Crippen molar-refractivity contribution < 1.29 is 9.53 Å². The second-order valence-electron chi connectivity index (χ2n) is 3.17. The van der Waals surface area contributed by atoms with Gasteiger partial charge in [0.1, 0.15) is 0 Å². The van der Waals surface area contributed by atoms with Gasteiger partial charge in [0, 0.05) is 5.57 Å². The van der Waals surface area contributed by atoms with E-state index in [1.165, 1.54) is 0 Å². The summed E-state index contributed by atoms with van der Waals surface area (Å²) in [6.07, 6.45) is 6.12. The first kappa shape index (κ1) is 12.2. The van der Waals surface area contributed by atoms with Crippen molar-refractivity contribution in [2.45, 2.75) is 46.5 Å². The van der Waals surface area contributed by atoms with Crippen LogP contribution in [0.15, 0.2) is 11.6 Å². The van der Waals surface area contributed by atoms with Gasteiger partial charge in [0.15, 0.2) is 0 Å². The average molecular weight is 184 g/mol. The van der Waals surface area contributed by atoms with E-state index in [0.29, 0.717) is 6.61 Å². The largest absolute Gasteiger partial charge is 0.462 e. The van der Waals surface area contributed by atoms with Crippen molar-refractivity contribution >= 4 is 5.97 Å². The van der Waals surface area contributed by atoms with Crippen molar-refractivity contribution in [3.63, 3.8) is 0 Å². The third-order valence-corrected chi connectivity index (χ3v) is 1.77. The highest BCUT2D eigenvalue weighted by Gasteiger charge is 2.03. The summed E-state index contributed by atoms with van der Waals surface area (Å²) < 4.78 is 4.98. The van der Waals surface area contributed by atoms with Crippen molar-refractivity contribution in [2.75, 3.05) is 6.61 Å². The van der Waals surface area contributed by atoms with Crippen molar-refractivity contribution in [2.24, 2.45) is 0 Å². The summed E-state index contributed by atoms with van der Waals surface area (Å²) in [5, 5.41) is 0. The Morgan fingerprint density at radius 1 is 1.31 bits per heavy atom. The lowest BCUT2D eigenvalue weighted by molar-refractivity contribution is -0.139. The molecule has 0 radical (unpaired) electrons. The summed E-state index contributed by atoms with van der Waals surface area (Å²) in [7, 11) is 0.